The van der Waals surface area contributed by atoms with Crippen molar-refractivity contribution in [3.8, 4) is 5.75 Å². The van der Waals surface area contributed by atoms with Crippen molar-refractivity contribution in [2.24, 2.45) is 0 Å². The Hall–Kier alpha value is -2.05. The van der Waals surface area contributed by atoms with E-state index in [9.17, 15) is 23.7 Å². The number of ketones is 1. The van der Waals surface area contributed by atoms with Crippen molar-refractivity contribution < 1.29 is 23.2 Å². The number of hydrogen-bond donors (Lipinski definition) is 0. The zero-order chi connectivity index (χ0) is 13.2. The molecule has 1 rings (SSSR count). The molecule has 1 aromatic carbocycles. The highest BCUT2D eigenvalue weighted by Crippen LogP contribution is 2.31. The largest absolute Gasteiger partial charge is 0.427 e. The fourth-order valence-corrected chi connectivity index (χ4v) is 1.39. The zero-order valence-corrected chi connectivity index (χ0v) is 9.07. The fraction of sp³-hybridized carbons (Fsp3) is 0.300. The fourth-order valence-electron chi connectivity index (χ4n) is 1.39. The van der Waals surface area contributed by atoms with E-state index < -0.39 is 23.0 Å². The molecule has 0 aliphatic carbocycles. The molecule has 0 bridgehead atoms. The first-order valence-corrected chi connectivity index (χ1v) is 4.57. The van der Waals surface area contributed by atoms with Crippen LogP contribution in [0.1, 0.15) is 22.8 Å². The van der Waals surface area contributed by atoms with Crippen LogP contribution in [0.4, 0.5) is 14.5 Å². The zero-order valence-electron chi connectivity index (χ0n) is 9.07. The smallest absolute Gasteiger partial charge is 0.387 e. The van der Waals surface area contributed by atoms with Crippen LogP contribution < -0.4 is 4.74 Å². The van der Waals surface area contributed by atoms with E-state index in [0.29, 0.717) is 5.56 Å². The van der Waals surface area contributed by atoms with Gasteiger partial charge in [-0.25, -0.2) is 0 Å². The lowest BCUT2D eigenvalue weighted by molar-refractivity contribution is -0.386. The molecule has 0 aliphatic rings. The molecule has 5 nitrogen and oxygen atoms in total. The Kier molecular flexibility index (Phi) is 3.72. The van der Waals surface area contributed by atoms with Crippen LogP contribution in [0.3, 0.4) is 0 Å². The minimum Gasteiger partial charge on any atom is -0.427 e. The molecule has 0 saturated carbocycles. The summed E-state index contributed by atoms with van der Waals surface area (Å²) in [4.78, 5) is 21.0. The average molecular weight is 245 g/mol. The molecule has 0 aliphatic heterocycles. The number of nitro benzene ring substituents is 1. The molecule has 0 heterocycles. The van der Waals surface area contributed by atoms with Crippen molar-refractivity contribution in [1.29, 1.82) is 0 Å². The maximum absolute atomic E-state index is 12.1. The molecule has 0 spiro atoms. The third-order valence-corrected chi connectivity index (χ3v) is 2.10. The van der Waals surface area contributed by atoms with E-state index >= 15 is 0 Å². The maximum atomic E-state index is 12.1. The van der Waals surface area contributed by atoms with E-state index in [2.05, 4.69) is 4.74 Å². The van der Waals surface area contributed by atoms with Gasteiger partial charge in [0.05, 0.1) is 4.92 Å². The molecule has 92 valence electrons. The topological polar surface area (TPSA) is 69.4 Å². The molecule has 0 amide bonds. The second-order valence-electron chi connectivity index (χ2n) is 3.33. The van der Waals surface area contributed by atoms with Gasteiger partial charge in [-0.15, -0.1) is 0 Å². The van der Waals surface area contributed by atoms with Gasteiger partial charge in [0.15, 0.2) is 5.78 Å². The molecule has 0 fully saturated rings. The lowest BCUT2D eigenvalue weighted by Gasteiger charge is -2.08. The summed E-state index contributed by atoms with van der Waals surface area (Å²) in [5, 5.41) is 10.6. The summed E-state index contributed by atoms with van der Waals surface area (Å²) >= 11 is 0. The Morgan fingerprint density at radius 1 is 1.47 bits per heavy atom. The second-order valence-corrected chi connectivity index (χ2v) is 3.33. The number of nitrogens with zero attached hydrogens (tertiary/aromatic N) is 1. The highest BCUT2D eigenvalue weighted by atomic mass is 19.3. The van der Waals surface area contributed by atoms with Crippen molar-refractivity contribution >= 4 is 11.5 Å². The molecule has 0 radical (unpaired) electrons. The second kappa shape index (κ2) is 4.86. The van der Waals surface area contributed by atoms with Crippen molar-refractivity contribution in [2.75, 3.05) is 0 Å². The number of aryl methyl sites for hydroxylation is 1. The standard InChI is InChI=1S/C10H9F2NO4/c1-5-3-8(13(15)16)9(17-10(11)12)4-7(5)6(2)14/h3-4,10H,1-2H3. The lowest BCUT2D eigenvalue weighted by Crippen LogP contribution is -2.07. The number of Topliss-reactive ketones (excluding diaryl/α,β-unsaturated/α-hetero) is 1. The van der Waals surface area contributed by atoms with Crippen LogP contribution in [0.2, 0.25) is 0 Å². The van der Waals surface area contributed by atoms with Gasteiger partial charge in [-0.05, 0) is 25.5 Å². The molecule has 0 saturated heterocycles. The Labute approximate surface area is 95.2 Å². The van der Waals surface area contributed by atoms with Gasteiger partial charge in [0, 0.05) is 11.6 Å². The monoisotopic (exact) mass is 245 g/mol. The van der Waals surface area contributed by atoms with Gasteiger partial charge in [0.1, 0.15) is 0 Å². The SMILES string of the molecule is CC(=O)c1cc(OC(F)F)c([N+](=O)[O-])cc1C. The Bertz CT molecular complexity index is 474. The Balaban J connectivity index is 3.36. The third kappa shape index (κ3) is 2.96. The van der Waals surface area contributed by atoms with Gasteiger partial charge in [0.25, 0.3) is 0 Å². The van der Waals surface area contributed by atoms with Crippen LogP contribution in [-0.2, 0) is 0 Å². The van der Waals surface area contributed by atoms with Gasteiger partial charge in [-0.2, -0.15) is 8.78 Å². The number of nitro groups is 1. The van der Waals surface area contributed by atoms with E-state index in [1.165, 1.54) is 13.8 Å². The molecule has 17 heavy (non-hydrogen) atoms. The van der Waals surface area contributed by atoms with Crippen LogP contribution in [0.15, 0.2) is 12.1 Å². The highest BCUT2D eigenvalue weighted by molar-refractivity contribution is 5.96. The van der Waals surface area contributed by atoms with Gasteiger partial charge >= 0.3 is 12.3 Å². The minimum atomic E-state index is -3.18. The van der Waals surface area contributed by atoms with Crippen LogP contribution >= 0.6 is 0 Å². The van der Waals surface area contributed by atoms with E-state index in [-0.39, 0.29) is 11.3 Å². The van der Waals surface area contributed by atoms with Gasteiger partial charge in [-0.3, -0.25) is 14.9 Å². The summed E-state index contributed by atoms with van der Waals surface area (Å²) < 4.78 is 28.2. The highest BCUT2D eigenvalue weighted by Gasteiger charge is 2.21. The summed E-state index contributed by atoms with van der Waals surface area (Å²) in [6, 6.07) is 2.00. The molecule has 7 heteroatoms. The van der Waals surface area contributed by atoms with E-state index in [1.807, 2.05) is 0 Å². The average Bonchev–Trinajstić information content (AvgIpc) is 2.18. The number of rotatable bonds is 4. The first-order chi connectivity index (χ1) is 7.82. The van der Waals surface area contributed by atoms with Crippen molar-refractivity contribution in [2.45, 2.75) is 20.5 Å². The minimum absolute atomic E-state index is 0.117. The first kappa shape index (κ1) is 13.0. The number of halogens is 2. The molecular formula is C10H9F2NO4. The van der Waals surface area contributed by atoms with Crippen molar-refractivity contribution in [3.63, 3.8) is 0 Å². The molecule has 1 aromatic rings. The Morgan fingerprint density at radius 3 is 2.47 bits per heavy atom. The van der Waals surface area contributed by atoms with Crippen molar-refractivity contribution in [3.05, 3.63) is 33.4 Å². The van der Waals surface area contributed by atoms with Gasteiger partial charge in [0.2, 0.25) is 5.75 Å². The first-order valence-electron chi connectivity index (χ1n) is 4.57. The third-order valence-electron chi connectivity index (χ3n) is 2.10. The van der Waals surface area contributed by atoms with Gasteiger partial charge in [-0.1, -0.05) is 0 Å². The summed E-state index contributed by atoms with van der Waals surface area (Å²) in [7, 11) is 0. The van der Waals surface area contributed by atoms with Crippen LogP contribution in [-0.4, -0.2) is 17.3 Å². The lowest BCUT2D eigenvalue weighted by atomic mass is 10.0. The maximum Gasteiger partial charge on any atom is 0.387 e. The molecule has 0 unspecified atom stereocenters. The van der Waals surface area contributed by atoms with Crippen LogP contribution in [0.25, 0.3) is 0 Å². The molecule has 0 atom stereocenters. The summed E-state index contributed by atoms with van der Waals surface area (Å²) in [5.41, 5.74) is -0.134. The van der Waals surface area contributed by atoms with E-state index in [4.69, 9.17) is 0 Å². The van der Waals surface area contributed by atoms with E-state index in [1.54, 1.807) is 0 Å². The summed E-state index contributed by atoms with van der Waals surface area (Å²) in [6.45, 7) is -0.466. The Morgan fingerprint density at radius 2 is 2.06 bits per heavy atom. The predicted octanol–water partition coefficient (Wildman–Crippen LogP) is 2.71. The predicted molar refractivity (Wildman–Crippen MR) is 54.5 cm³/mol. The van der Waals surface area contributed by atoms with Gasteiger partial charge < -0.3 is 4.74 Å². The molecule has 0 aromatic heterocycles. The quantitative estimate of drug-likeness (QED) is 0.464. The summed E-state index contributed by atoms with van der Waals surface area (Å²) in [5.74, 6) is -0.989. The van der Waals surface area contributed by atoms with E-state index in [0.717, 1.165) is 12.1 Å². The molecular weight excluding hydrogens is 236 g/mol. The van der Waals surface area contributed by atoms with Crippen LogP contribution in [0, 0.1) is 17.0 Å². The number of carbonyl (C=O) groups excluding carboxylic acids is 1. The summed E-state index contributed by atoms with van der Waals surface area (Å²) in [6.07, 6.45) is 0. The molecule has 0 N–H and O–H groups in total. The van der Waals surface area contributed by atoms with Crippen molar-refractivity contribution in [1.82, 2.24) is 0 Å². The number of hydrogen-bond acceptors (Lipinski definition) is 4. The number of benzene rings is 1. The number of ether oxygens (including phenoxy) is 1. The number of alkyl halides is 2. The number of carbonyl (C=O) groups is 1. The normalized spacial score (nSPS) is 10.4. The van der Waals surface area contributed by atoms with Crippen LogP contribution in [0.5, 0.6) is 5.75 Å².